The van der Waals surface area contributed by atoms with E-state index in [0.717, 1.165) is 48.4 Å². The lowest BCUT2D eigenvalue weighted by Gasteiger charge is -2.24. The molecule has 6 nitrogen and oxygen atoms in total. The summed E-state index contributed by atoms with van der Waals surface area (Å²) in [6.07, 6.45) is 6.30. The van der Waals surface area contributed by atoms with Gasteiger partial charge in [-0.15, -0.1) is 5.10 Å². The highest BCUT2D eigenvalue weighted by atomic mass is 15.3. The molecule has 1 aromatic carbocycles. The Hall–Kier alpha value is -2.60. The van der Waals surface area contributed by atoms with Crippen molar-refractivity contribution in [1.29, 1.82) is 0 Å². The monoisotopic (exact) mass is 350 g/mol. The van der Waals surface area contributed by atoms with Crippen molar-refractivity contribution < 1.29 is 0 Å². The van der Waals surface area contributed by atoms with E-state index >= 15 is 0 Å². The van der Waals surface area contributed by atoms with Crippen LogP contribution in [0.1, 0.15) is 48.4 Å². The molecule has 2 aromatic heterocycles. The quantitative estimate of drug-likeness (QED) is 0.670. The maximum absolute atomic E-state index is 6.04. The molecule has 6 heteroatoms. The zero-order valence-electron chi connectivity index (χ0n) is 15.4. The summed E-state index contributed by atoms with van der Waals surface area (Å²) in [7, 11) is 0. The summed E-state index contributed by atoms with van der Waals surface area (Å²) in [6, 6.07) is 8.57. The number of imidazole rings is 1. The second-order valence-electron chi connectivity index (χ2n) is 7.53. The molecule has 1 fully saturated rings. The SMILES string of the molecule is Cc1cc(C)cc(Nc2cc(N)nn3cc(C4CCC(N)CC4)nc23)c1. The van der Waals surface area contributed by atoms with Gasteiger partial charge in [-0.05, 0) is 62.8 Å². The molecule has 0 saturated heterocycles. The van der Waals surface area contributed by atoms with Gasteiger partial charge in [-0.1, -0.05) is 6.07 Å². The Labute approximate surface area is 153 Å². The third-order valence-corrected chi connectivity index (χ3v) is 5.15. The van der Waals surface area contributed by atoms with Crippen molar-refractivity contribution in [2.24, 2.45) is 5.73 Å². The highest BCUT2D eigenvalue weighted by Crippen LogP contribution is 2.33. The summed E-state index contributed by atoms with van der Waals surface area (Å²) >= 11 is 0. The van der Waals surface area contributed by atoms with Crippen molar-refractivity contribution in [2.45, 2.75) is 51.5 Å². The Kier molecular flexibility index (Phi) is 4.28. The largest absolute Gasteiger partial charge is 0.382 e. The molecule has 5 N–H and O–H groups in total. The number of hydrogen-bond donors (Lipinski definition) is 3. The first-order chi connectivity index (χ1) is 12.5. The zero-order valence-corrected chi connectivity index (χ0v) is 15.4. The van der Waals surface area contributed by atoms with Crippen molar-refractivity contribution in [1.82, 2.24) is 14.6 Å². The summed E-state index contributed by atoms with van der Waals surface area (Å²) in [5, 5.41) is 7.88. The number of nitrogens with two attached hydrogens (primary N) is 2. The second-order valence-corrected chi connectivity index (χ2v) is 7.53. The predicted octanol–water partition coefficient (Wildman–Crippen LogP) is 3.66. The van der Waals surface area contributed by atoms with Crippen LogP contribution < -0.4 is 16.8 Å². The first kappa shape index (κ1) is 16.8. The first-order valence-electron chi connectivity index (χ1n) is 9.24. The van der Waals surface area contributed by atoms with Gasteiger partial charge in [0.05, 0.1) is 17.6 Å². The van der Waals surface area contributed by atoms with Crippen LogP contribution in [0.3, 0.4) is 0 Å². The lowest BCUT2D eigenvalue weighted by molar-refractivity contribution is 0.391. The number of anilines is 3. The number of benzene rings is 1. The van der Waals surface area contributed by atoms with Crippen molar-refractivity contribution in [2.75, 3.05) is 11.1 Å². The Morgan fingerprint density at radius 2 is 1.73 bits per heavy atom. The van der Waals surface area contributed by atoms with Gasteiger partial charge in [-0.3, -0.25) is 0 Å². The van der Waals surface area contributed by atoms with Gasteiger partial charge in [0.1, 0.15) is 5.82 Å². The molecular weight excluding hydrogens is 324 g/mol. The standard InChI is InChI=1S/C20H26N6/c1-12-7-13(2)9-16(8-12)23-17-10-19(22)25-26-11-18(24-20(17)26)14-3-5-15(21)6-4-14/h7-11,14-15,23H,3-6,21H2,1-2H3,(H2,22,25). The summed E-state index contributed by atoms with van der Waals surface area (Å²) in [5.74, 6) is 0.922. The van der Waals surface area contributed by atoms with Gasteiger partial charge in [0.25, 0.3) is 0 Å². The molecule has 0 unspecified atom stereocenters. The van der Waals surface area contributed by atoms with Crippen LogP contribution in [0.25, 0.3) is 5.65 Å². The van der Waals surface area contributed by atoms with Crippen molar-refractivity contribution in [3.63, 3.8) is 0 Å². The van der Waals surface area contributed by atoms with Crippen LogP contribution in [-0.2, 0) is 0 Å². The second kappa shape index (κ2) is 6.61. The van der Waals surface area contributed by atoms with Gasteiger partial charge in [-0.25, -0.2) is 9.50 Å². The average molecular weight is 350 g/mol. The Balaban J connectivity index is 1.70. The third kappa shape index (κ3) is 3.37. The van der Waals surface area contributed by atoms with E-state index in [0.29, 0.717) is 17.8 Å². The molecule has 26 heavy (non-hydrogen) atoms. The fraction of sp³-hybridized carbons (Fsp3) is 0.400. The molecule has 0 amide bonds. The fourth-order valence-electron chi connectivity index (χ4n) is 3.92. The van der Waals surface area contributed by atoms with Gasteiger partial charge in [0, 0.05) is 23.7 Å². The molecule has 0 bridgehead atoms. The topological polar surface area (TPSA) is 94.3 Å². The van der Waals surface area contributed by atoms with Crippen LogP contribution >= 0.6 is 0 Å². The molecule has 0 spiro atoms. The number of nitrogens with one attached hydrogen (secondary N) is 1. The molecule has 2 heterocycles. The lowest BCUT2D eigenvalue weighted by atomic mass is 9.85. The van der Waals surface area contributed by atoms with Crippen LogP contribution in [0.15, 0.2) is 30.5 Å². The molecule has 0 atom stereocenters. The average Bonchev–Trinajstić information content (AvgIpc) is 2.98. The van der Waals surface area contributed by atoms with Crippen LogP contribution in [-0.4, -0.2) is 20.6 Å². The van der Waals surface area contributed by atoms with E-state index < -0.39 is 0 Å². The minimum Gasteiger partial charge on any atom is -0.382 e. The molecule has 0 radical (unpaired) electrons. The van der Waals surface area contributed by atoms with E-state index in [9.17, 15) is 0 Å². The Bertz CT molecular complexity index is 917. The van der Waals surface area contributed by atoms with E-state index in [1.54, 1.807) is 4.52 Å². The summed E-state index contributed by atoms with van der Waals surface area (Å²) in [5.41, 5.74) is 18.3. The maximum Gasteiger partial charge on any atom is 0.177 e. The molecule has 3 aromatic rings. The normalized spacial score (nSPS) is 20.4. The van der Waals surface area contributed by atoms with Crippen LogP contribution in [0.4, 0.5) is 17.2 Å². The summed E-state index contributed by atoms with van der Waals surface area (Å²) < 4.78 is 1.80. The minimum absolute atomic E-state index is 0.332. The van der Waals surface area contributed by atoms with Gasteiger partial charge < -0.3 is 16.8 Å². The smallest absolute Gasteiger partial charge is 0.177 e. The molecule has 136 valence electrons. The summed E-state index contributed by atoms with van der Waals surface area (Å²) in [4.78, 5) is 4.89. The van der Waals surface area contributed by atoms with E-state index in [1.165, 1.54) is 11.1 Å². The molecule has 1 saturated carbocycles. The third-order valence-electron chi connectivity index (χ3n) is 5.15. The fourth-order valence-corrected chi connectivity index (χ4v) is 3.92. The first-order valence-corrected chi connectivity index (χ1v) is 9.24. The molecule has 4 rings (SSSR count). The van der Waals surface area contributed by atoms with E-state index in [4.69, 9.17) is 16.5 Å². The molecule has 1 aliphatic carbocycles. The van der Waals surface area contributed by atoms with Crippen molar-refractivity contribution in [3.05, 3.63) is 47.3 Å². The van der Waals surface area contributed by atoms with Gasteiger partial charge in [0.2, 0.25) is 0 Å². The van der Waals surface area contributed by atoms with E-state index in [-0.39, 0.29) is 0 Å². The van der Waals surface area contributed by atoms with Gasteiger partial charge in [-0.2, -0.15) is 0 Å². The Morgan fingerprint density at radius 3 is 2.42 bits per heavy atom. The van der Waals surface area contributed by atoms with Crippen LogP contribution in [0.2, 0.25) is 0 Å². The van der Waals surface area contributed by atoms with Gasteiger partial charge >= 0.3 is 0 Å². The predicted molar refractivity (Wildman–Crippen MR) is 106 cm³/mol. The highest BCUT2D eigenvalue weighted by molar-refractivity contribution is 5.76. The number of fused-ring (bicyclic) bond motifs is 1. The van der Waals surface area contributed by atoms with Gasteiger partial charge in [0.15, 0.2) is 5.65 Å². The van der Waals surface area contributed by atoms with Crippen LogP contribution in [0, 0.1) is 13.8 Å². The summed E-state index contributed by atoms with van der Waals surface area (Å²) in [6.45, 7) is 4.19. The highest BCUT2D eigenvalue weighted by Gasteiger charge is 2.23. The van der Waals surface area contributed by atoms with Crippen molar-refractivity contribution in [3.8, 4) is 0 Å². The number of nitrogens with zero attached hydrogens (tertiary/aromatic N) is 3. The van der Waals surface area contributed by atoms with E-state index in [2.05, 4.69) is 42.5 Å². The van der Waals surface area contributed by atoms with Crippen molar-refractivity contribution >= 4 is 22.8 Å². The number of aryl methyl sites for hydroxylation is 2. The maximum atomic E-state index is 6.04. The number of hydrogen-bond acceptors (Lipinski definition) is 5. The Morgan fingerprint density at radius 1 is 1.04 bits per heavy atom. The molecule has 0 aliphatic heterocycles. The number of rotatable bonds is 3. The zero-order chi connectivity index (χ0) is 18.3. The molecule has 1 aliphatic rings. The minimum atomic E-state index is 0.332. The number of nitrogen functional groups attached to an aromatic ring is 1. The van der Waals surface area contributed by atoms with E-state index in [1.807, 2.05) is 12.3 Å². The van der Waals surface area contributed by atoms with Crippen LogP contribution in [0.5, 0.6) is 0 Å². The molecular formula is C20H26N6. The number of aromatic nitrogens is 3. The lowest BCUT2D eigenvalue weighted by Crippen LogP contribution is -2.25.